The third-order valence-corrected chi connectivity index (χ3v) is 5.33. The van der Waals surface area contributed by atoms with Crippen LogP contribution < -0.4 is 10.1 Å². The van der Waals surface area contributed by atoms with Crippen molar-refractivity contribution in [3.63, 3.8) is 0 Å². The van der Waals surface area contributed by atoms with E-state index in [1.807, 2.05) is 80.6 Å². The summed E-state index contributed by atoms with van der Waals surface area (Å²) in [4.78, 5) is 17.5. The van der Waals surface area contributed by atoms with Crippen molar-refractivity contribution in [3.8, 4) is 28.5 Å². The lowest BCUT2D eigenvalue weighted by Crippen LogP contribution is -2.27. The van der Waals surface area contributed by atoms with Crippen molar-refractivity contribution < 1.29 is 13.9 Å². The minimum absolute atomic E-state index is 0.184. The van der Waals surface area contributed by atoms with Gasteiger partial charge in [0.2, 0.25) is 5.89 Å². The molecule has 0 aliphatic rings. The molecular formula is C26H23ClN2O3. The van der Waals surface area contributed by atoms with Crippen LogP contribution in [0.5, 0.6) is 5.75 Å². The largest absolute Gasteiger partial charge is 0.494 e. The molecule has 5 nitrogen and oxygen atoms in total. The summed E-state index contributed by atoms with van der Waals surface area (Å²) in [5.41, 5.74) is 2.97. The van der Waals surface area contributed by atoms with Crippen molar-refractivity contribution in [2.45, 2.75) is 19.9 Å². The van der Waals surface area contributed by atoms with Gasteiger partial charge in [0.1, 0.15) is 5.75 Å². The van der Waals surface area contributed by atoms with Crippen molar-refractivity contribution in [2.24, 2.45) is 0 Å². The smallest absolute Gasteiger partial charge is 0.252 e. The van der Waals surface area contributed by atoms with Crippen LogP contribution in [0.25, 0.3) is 22.8 Å². The molecule has 0 spiro atoms. The van der Waals surface area contributed by atoms with Crippen LogP contribution in [0.2, 0.25) is 5.02 Å². The molecule has 4 aromatic rings. The number of amides is 1. The van der Waals surface area contributed by atoms with Gasteiger partial charge in [-0.15, -0.1) is 0 Å². The molecule has 0 aliphatic carbocycles. The van der Waals surface area contributed by atoms with E-state index in [4.69, 9.17) is 20.8 Å². The maximum atomic E-state index is 13.0. The van der Waals surface area contributed by atoms with Crippen molar-refractivity contribution >= 4 is 17.5 Å². The number of nitrogens with one attached hydrogen (secondary N) is 1. The van der Waals surface area contributed by atoms with Crippen molar-refractivity contribution in [3.05, 3.63) is 95.1 Å². The normalized spacial score (nSPS) is 11.7. The van der Waals surface area contributed by atoms with E-state index in [0.717, 1.165) is 16.9 Å². The van der Waals surface area contributed by atoms with Gasteiger partial charge in [0.15, 0.2) is 5.76 Å². The number of nitrogens with zero attached hydrogens (tertiary/aromatic N) is 1. The van der Waals surface area contributed by atoms with Gasteiger partial charge in [-0.3, -0.25) is 4.79 Å². The van der Waals surface area contributed by atoms with Gasteiger partial charge in [0.05, 0.1) is 24.4 Å². The van der Waals surface area contributed by atoms with E-state index in [-0.39, 0.29) is 11.9 Å². The van der Waals surface area contributed by atoms with Crippen LogP contribution in [-0.2, 0) is 0 Å². The minimum atomic E-state index is -0.205. The standard InChI is InChI=1S/C26H23ClN2O3/c1-3-31-21-14-10-19(11-15-21)24-16-28-26(32-24)23-7-5-4-6-22(23)25(30)29-17(2)18-8-12-20(27)13-9-18/h4-17H,3H2,1-2H3,(H,29,30)/t17-/m1/s1. The molecular weight excluding hydrogens is 424 g/mol. The molecule has 0 bridgehead atoms. The van der Waals surface area contributed by atoms with Gasteiger partial charge in [-0.25, -0.2) is 4.98 Å². The van der Waals surface area contributed by atoms with E-state index < -0.39 is 0 Å². The molecule has 4 rings (SSSR count). The average Bonchev–Trinajstić information content (AvgIpc) is 3.30. The second-order valence-electron chi connectivity index (χ2n) is 7.28. The summed E-state index contributed by atoms with van der Waals surface area (Å²) in [5, 5.41) is 3.69. The molecule has 0 fully saturated rings. The fourth-order valence-electron chi connectivity index (χ4n) is 3.39. The zero-order chi connectivity index (χ0) is 22.5. The molecule has 0 radical (unpaired) electrons. The first-order chi connectivity index (χ1) is 15.5. The van der Waals surface area contributed by atoms with Crippen LogP contribution in [0, 0.1) is 0 Å². The van der Waals surface area contributed by atoms with Crippen molar-refractivity contribution in [2.75, 3.05) is 6.61 Å². The third-order valence-electron chi connectivity index (χ3n) is 5.08. The number of oxazole rings is 1. The number of carbonyl (C=O) groups is 1. The quantitative estimate of drug-likeness (QED) is 0.349. The SMILES string of the molecule is CCOc1ccc(-c2cnc(-c3ccccc3C(=O)N[C@H](C)c3ccc(Cl)cc3)o2)cc1. The highest BCUT2D eigenvalue weighted by Crippen LogP contribution is 2.29. The molecule has 32 heavy (non-hydrogen) atoms. The van der Waals surface area contributed by atoms with Gasteiger partial charge >= 0.3 is 0 Å². The fourth-order valence-corrected chi connectivity index (χ4v) is 3.52. The number of benzene rings is 3. The highest BCUT2D eigenvalue weighted by Gasteiger charge is 2.19. The van der Waals surface area contributed by atoms with E-state index in [9.17, 15) is 4.79 Å². The molecule has 3 aromatic carbocycles. The molecule has 1 atom stereocenters. The lowest BCUT2D eigenvalue weighted by molar-refractivity contribution is 0.0940. The minimum Gasteiger partial charge on any atom is -0.494 e. The first kappa shape index (κ1) is 21.7. The van der Waals surface area contributed by atoms with Gasteiger partial charge in [-0.1, -0.05) is 35.9 Å². The van der Waals surface area contributed by atoms with E-state index in [1.165, 1.54) is 0 Å². The molecule has 1 aromatic heterocycles. The molecule has 162 valence electrons. The summed E-state index contributed by atoms with van der Waals surface area (Å²) in [5.74, 6) is 1.60. The van der Waals surface area contributed by atoms with Crippen LogP contribution in [0.1, 0.15) is 35.8 Å². The Morgan fingerprint density at radius 2 is 1.78 bits per heavy atom. The Bertz CT molecular complexity index is 1200. The predicted octanol–water partition coefficient (Wildman–Crippen LogP) is 6.55. The second-order valence-corrected chi connectivity index (χ2v) is 7.72. The van der Waals surface area contributed by atoms with Crippen LogP contribution in [0.15, 0.2) is 83.4 Å². The number of halogens is 1. The Hall–Kier alpha value is -3.57. The Morgan fingerprint density at radius 1 is 1.06 bits per heavy atom. The van der Waals surface area contributed by atoms with E-state index >= 15 is 0 Å². The highest BCUT2D eigenvalue weighted by atomic mass is 35.5. The summed E-state index contributed by atoms with van der Waals surface area (Å²) < 4.78 is 11.5. The van der Waals surface area contributed by atoms with Gasteiger partial charge in [0.25, 0.3) is 5.91 Å². The zero-order valence-corrected chi connectivity index (χ0v) is 18.6. The number of aromatic nitrogens is 1. The number of hydrogen-bond acceptors (Lipinski definition) is 4. The summed E-state index contributed by atoms with van der Waals surface area (Å²) in [7, 11) is 0. The molecule has 1 N–H and O–H groups in total. The Morgan fingerprint density at radius 3 is 2.50 bits per heavy atom. The Labute approximate surface area is 192 Å². The van der Waals surface area contributed by atoms with E-state index in [1.54, 1.807) is 12.3 Å². The summed E-state index contributed by atoms with van der Waals surface area (Å²) in [6.07, 6.45) is 1.66. The van der Waals surface area contributed by atoms with Crippen LogP contribution in [0.4, 0.5) is 0 Å². The molecule has 6 heteroatoms. The fraction of sp³-hybridized carbons (Fsp3) is 0.154. The van der Waals surface area contributed by atoms with E-state index in [2.05, 4.69) is 10.3 Å². The first-order valence-electron chi connectivity index (χ1n) is 10.4. The first-order valence-corrected chi connectivity index (χ1v) is 10.8. The second kappa shape index (κ2) is 9.71. The Kier molecular flexibility index (Phi) is 6.57. The Balaban J connectivity index is 1.56. The number of hydrogen-bond donors (Lipinski definition) is 1. The van der Waals surface area contributed by atoms with E-state index in [0.29, 0.717) is 34.4 Å². The highest BCUT2D eigenvalue weighted by molar-refractivity contribution is 6.30. The molecule has 1 heterocycles. The monoisotopic (exact) mass is 446 g/mol. The number of carbonyl (C=O) groups excluding carboxylic acids is 1. The zero-order valence-electron chi connectivity index (χ0n) is 17.8. The molecule has 0 aliphatic heterocycles. The lowest BCUT2D eigenvalue weighted by atomic mass is 10.0. The molecule has 0 saturated heterocycles. The number of rotatable bonds is 7. The lowest BCUT2D eigenvalue weighted by Gasteiger charge is -2.15. The summed E-state index contributed by atoms with van der Waals surface area (Å²) >= 11 is 5.96. The molecule has 0 unspecified atom stereocenters. The van der Waals surface area contributed by atoms with Gasteiger partial charge in [0, 0.05) is 16.1 Å². The summed E-state index contributed by atoms with van der Waals surface area (Å²) in [6, 6.07) is 22.1. The average molecular weight is 447 g/mol. The van der Waals surface area contributed by atoms with Gasteiger partial charge in [-0.2, -0.15) is 0 Å². The van der Waals surface area contributed by atoms with Crippen molar-refractivity contribution in [1.29, 1.82) is 0 Å². The maximum absolute atomic E-state index is 13.0. The molecule has 1 amide bonds. The third kappa shape index (κ3) is 4.84. The molecule has 0 saturated carbocycles. The van der Waals surface area contributed by atoms with Gasteiger partial charge < -0.3 is 14.5 Å². The van der Waals surface area contributed by atoms with Crippen LogP contribution >= 0.6 is 11.6 Å². The van der Waals surface area contributed by atoms with Crippen LogP contribution in [-0.4, -0.2) is 17.5 Å². The summed E-state index contributed by atoms with van der Waals surface area (Å²) in [6.45, 7) is 4.49. The van der Waals surface area contributed by atoms with Crippen molar-refractivity contribution in [1.82, 2.24) is 10.3 Å². The van der Waals surface area contributed by atoms with Gasteiger partial charge in [-0.05, 0) is 67.9 Å². The van der Waals surface area contributed by atoms with Crippen LogP contribution in [0.3, 0.4) is 0 Å². The topological polar surface area (TPSA) is 64.4 Å². The maximum Gasteiger partial charge on any atom is 0.252 e. The predicted molar refractivity (Wildman–Crippen MR) is 126 cm³/mol. The number of ether oxygens (including phenoxy) is 1.